The molecule has 1 N–H and O–H groups in total. The Hall–Kier alpha value is -2.11. The van der Waals surface area contributed by atoms with E-state index in [9.17, 15) is 14.7 Å². The van der Waals surface area contributed by atoms with Crippen LogP contribution >= 0.6 is 0 Å². The number of carbonyl (C=O) groups excluding carboxylic acids is 1. The average Bonchev–Trinajstić information content (AvgIpc) is 3.12. The molecule has 1 aromatic rings. The summed E-state index contributed by atoms with van der Waals surface area (Å²) >= 11 is 0. The van der Waals surface area contributed by atoms with Crippen molar-refractivity contribution in [1.29, 1.82) is 0 Å². The molecule has 6 heteroatoms. The molecule has 0 radical (unpaired) electrons. The summed E-state index contributed by atoms with van der Waals surface area (Å²) in [5.74, 6) is -0.377. The zero-order chi connectivity index (χ0) is 18.0. The Bertz CT molecular complexity index is 669. The maximum absolute atomic E-state index is 12.7. The summed E-state index contributed by atoms with van der Waals surface area (Å²) < 4.78 is 1.61. The lowest BCUT2D eigenvalue weighted by molar-refractivity contribution is -0.154. The average molecular weight is 345 g/mol. The fourth-order valence-corrected chi connectivity index (χ4v) is 3.80. The summed E-state index contributed by atoms with van der Waals surface area (Å²) in [6.07, 6.45) is 9.42. The third-order valence-electron chi connectivity index (χ3n) is 5.56. The number of nitrogens with zero attached hydrogens (tertiary/aromatic N) is 3. The van der Waals surface area contributed by atoms with Gasteiger partial charge in [-0.25, -0.2) is 4.79 Å². The van der Waals surface area contributed by atoms with E-state index in [1.165, 1.54) is 0 Å². The van der Waals surface area contributed by atoms with Crippen LogP contribution in [0.4, 0.5) is 0 Å². The molecule has 1 aromatic heterocycles. The number of aliphatic carboxylic acids is 1. The molecule has 0 spiro atoms. The minimum atomic E-state index is -1.05. The highest BCUT2D eigenvalue weighted by Crippen LogP contribution is 2.32. The van der Waals surface area contributed by atoms with Crippen molar-refractivity contribution in [2.24, 2.45) is 5.92 Å². The molecule has 1 amide bonds. The Labute approximate surface area is 148 Å². The van der Waals surface area contributed by atoms with Gasteiger partial charge in [0.25, 0.3) is 0 Å². The van der Waals surface area contributed by atoms with Gasteiger partial charge in [0.1, 0.15) is 0 Å². The van der Waals surface area contributed by atoms with Crippen LogP contribution in [0.1, 0.15) is 57.6 Å². The molecule has 2 heterocycles. The van der Waals surface area contributed by atoms with E-state index < -0.39 is 11.5 Å². The van der Waals surface area contributed by atoms with Crippen LogP contribution in [0.5, 0.6) is 0 Å². The van der Waals surface area contributed by atoms with Gasteiger partial charge in [-0.15, -0.1) is 0 Å². The van der Waals surface area contributed by atoms with E-state index in [1.54, 1.807) is 10.9 Å². The molecular weight excluding hydrogens is 318 g/mol. The number of carbonyl (C=O) groups is 2. The molecule has 6 nitrogen and oxygen atoms in total. The molecule has 2 aliphatic rings. The number of hydrogen-bond donors (Lipinski definition) is 1. The molecule has 0 saturated carbocycles. The SMILES string of the molecule is CC(C)c1ccn(C2(C(=O)O)CCN(C(=O)[C@@H]3CC=CCC3)CC2)n1. The number of rotatable bonds is 4. The lowest BCUT2D eigenvalue weighted by Crippen LogP contribution is -2.53. The van der Waals surface area contributed by atoms with E-state index in [4.69, 9.17) is 0 Å². The number of aromatic nitrogens is 2. The first-order valence-corrected chi connectivity index (χ1v) is 9.17. The van der Waals surface area contributed by atoms with E-state index in [0.29, 0.717) is 25.9 Å². The largest absolute Gasteiger partial charge is 0.479 e. The van der Waals surface area contributed by atoms with Gasteiger partial charge in [0.2, 0.25) is 5.91 Å². The second-order valence-electron chi connectivity index (χ2n) is 7.48. The molecule has 1 aliphatic heterocycles. The number of amides is 1. The lowest BCUT2D eigenvalue weighted by Gasteiger charge is -2.40. The van der Waals surface area contributed by atoms with Gasteiger partial charge in [0, 0.05) is 38.0 Å². The maximum atomic E-state index is 12.7. The second kappa shape index (κ2) is 7.02. The van der Waals surface area contributed by atoms with E-state index in [0.717, 1.165) is 25.0 Å². The van der Waals surface area contributed by atoms with Crippen molar-refractivity contribution >= 4 is 11.9 Å². The predicted molar refractivity (Wildman–Crippen MR) is 94.2 cm³/mol. The third-order valence-corrected chi connectivity index (χ3v) is 5.56. The first-order valence-electron chi connectivity index (χ1n) is 9.17. The third kappa shape index (κ3) is 3.34. The van der Waals surface area contributed by atoms with Crippen LogP contribution in [0.3, 0.4) is 0 Å². The zero-order valence-corrected chi connectivity index (χ0v) is 15.0. The van der Waals surface area contributed by atoms with Crippen LogP contribution < -0.4 is 0 Å². The second-order valence-corrected chi connectivity index (χ2v) is 7.48. The number of carboxylic acids is 1. The van der Waals surface area contributed by atoms with Gasteiger partial charge in [-0.3, -0.25) is 9.48 Å². The molecule has 1 fully saturated rings. The van der Waals surface area contributed by atoms with Gasteiger partial charge in [-0.05, 0) is 31.2 Å². The van der Waals surface area contributed by atoms with Crippen molar-refractivity contribution in [3.05, 3.63) is 30.1 Å². The topological polar surface area (TPSA) is 75.4 Å². The molecule has 0 unspecified atom stereocenters. The van der Waals surface area contributed by atoms with E-state index in [1.807, 2.05) is 24.8 Å². The molecule has 1 saturated heterocycles. The van der Waals surface area contributed by atoms with Gasteiger partial charge in [0.15, 0.2) is 5.54 Å². The van der Waals surface area contributed by atoms with Crippen LogP contribution in [0.2, 0.25) is 0 Å². The molecular formula is C19H27N3O3. The maximum Gasteiger partial charge on any atom is 0.331 e. The van der Waals surface area contributed by atoms with Gasteiger partial charge in [-0.1, -0.05) is 26.0 Å². The Kier molecular flexibility index (Phi) is 4.97. The molecule has 25 heavy (non-hydrogen) atoms. The number of piperidine rings is 1. The quantitative estimate of drug-likeness (QED) is 0.852. The molecule has 0 bridgehead atoms. The van der Waals surface area contributed by atoms with Crippen LogP contribution in [0, 0.1) is 5.92 Å². The number of likely N-dealkylation sites (tertiary alicyclic amines) is 1. The van der Waals surface area contributed by atoms with Gasteiger partial charge >= 0.3 is 5.97 Å². The van der Waals surface area contributed by atoms with Crippen molar-refractivity contribution in [3.8, 4) is 0 Å². The van der Waals surface area contributed by atoms with Crippen molar-refractivity contribution in [1.82, 2.24) is 14.7 Å². The number of allylic oxidation sites excluding steroid dienone is 2. The summed E-state index contributed by atoms with van der Waals surface area (Å²) in [4.78, 5) is 26.6. The molecule has 0 aromatic carbocycles. The first-order chi connectivity index (χ1) is 11.9. The molecule has 1 aliphatic carbocycles. The lowest BCUT2D eigenvalue weighted by atomic mass is 9.86. The van der Waals surface area contributed by atoms with Crippen LogP contribution in [0.15, 0.2) is 24.4 Å². The molecule has 3 rings (SSSR count). The minimum absolute atomic E-state index is 0.0552. The van der Waals surface area contributed by atoms with Crippen LogP contribution in [0.25, 0.3) is 0 Å². The highest BCUT2D eigenvalue weighted by Gasteiger charge is 2.45. The first kappa shape index (κ1) is 17.7. The molecule has 136 valence electrons. The zero-order valence-electron chi connectivity index (χ0n) is 15.0. The summed E-state index contributed by atoms with van der Waals surface area (Å²) in [5.41, 5.74) is -0.149. The van der Waals surface area contributed by atoms with Crippen molar-refractivity contribution in [2.75, 3.05) is 13.1 Å². The Morgan fingerprint density at radius 2 is 2.00 bits per heavy atom. The highest BCUT2D eigenvalue weighted by molar-refractivity contribution is 5.81. The van der Waals surface area contributed by atoms with Crippen LogP contribution in [-0.4, -0.2) is 44.8 Å². The van der Waals surface area contributed by atoms with Crippen molar-refractivity contribution in [2.45, 2.75) is 57.4 Å². The predicted octanol–water partition coefficient (Wildman–Crippen LogP) is 2.77. The normalized spacial score (nSPS) is 23.0. The summed E-state index contributed by atoms with van der Waals surface area (Å²) in [6.45, 7) is 5.03. The Morgan fingerprint density at radius 1 is 1.28 bits per heavy atom. The Balaban J connectivity index is 1.73. The van der Waals surface area contributed by atoms with Gasteiger partial charge < -0.3 is 10.0 Å². The fourth-order valence-electron chi connectivity index (χ4n) is 3.80. The summed E-state index contributed by atoms with van der Waals surface area (Å²) in [5, 5.41) is 14.4. The molecule has 1 atom stereocenters. The van der Waals surface area contributed by atoms with E-state index in [-0.39, 0.29) is 17.7 Å². The summed E-state index contributed by atoms with van der Waals surface area (Å²) in [7, 11) is 0. The smallest absolute Gasteiger partial charge is 0.331 e. The van der Waals surface area contributed by atoms with Gasteiger partial charge in [0.05, 0.1) is 5.69 Å². The van der Waals surface area contributed by atoms with E-state index in [2.05, 4.69) is 17.3 Å². The number of carboxylic acid groups (broad SMARTS) is 1. The minimum Gasteiger partial charge on any atom is -0.479 e. The van der Waals surface area contributed by atoms with Crippen molar-refractivity contribution in [3.63, 3.8) is 0 Å². The Morgan fingerprint density at radius 3 is 2.52 bits per heavy atom. The monoisotopic (exact) mass is 345 g/mol. The van der Waals surface area contributed by atoms with Crippen LogP contribution in [-0.2, 0) is 15.1 Å². The summed E-state index contributed by atoms with van der Waals surface area (Å²) in [6, 6.07) is 1.89. The number of hydrogen-bond acceptors (Lipinski definition) is 3. The van der Waals surface area contributed by atoms with Crippen molar-refractivity contribution < 1.29 is 14.7 Å². The van der Waals surface area contributed by atoms with Gasteiger partial charge in [-0.2, -0.15) is 5.10 Å². The highest BCUT2D eigenvalue weighted by atomic mass is 16.4. The van der Waals surface area contributed by atoms with E-state index >= 15 is 0 Å². The fraction of sp³-hybridized carbons (Fsp3) is 0.632. The standard InChI is InChI=1S/C19H27N3O3/c1-14(2)16-8-11-22(20-16)19(18(24)25)9-12-21(13-10-19)17(23)15-6-4-3-5-7-15/h3-4,8,11,14-15H,5-7,9-10,12-13H2,1-2H3,(H,24,25)/t15-/m1/s1.